The van der Waals surface area contributed by atoms with E-state index in [0.29, 0.717) is 18.5 Å². The van der Waals surface area contributed by atoms with Crippen molar-refractivity contribution in [3.63, 3.8) is 0 Å². The van der Waals surface area contributed by atoms with Crippen LogP contribution in [0.15, 0.2) is 11.2 Å². The van der Waals surface area contributed by atoms with Crippen molar-refractivity contribution in [1.82, 2.24) is 14.9 Å². The highest BCUT2D eigenvalue weighted by Crippen LogP contribution is 2.21. The Morgan fingerprint density at radius 3 is 3.00 bits per heavy atom. The molecule has 1 saturated heterocycles. The Morgan fingerprint density at radius 1 is 1.43 bits per heavy atom. The number of aromatic nitrogens is 2. The number of thioether (sulfide) groups is 1. The maximum Gasteiger partial charge on any atom is 0.219 e. The maximum absolute atomic E-state index is 5.93. The zero-order chi connectivity index (χ0) is 15.1. The Hall–Kier alpha value is -1.01. The molecule has 2 heterocycles. The van der Waals surface area contributed by atoms with Gasteiger partial charge in [-0.1, -0.05) is 25.1 Å². The quantitative estimate of drug-likeness (QED) is 0.617. The average Bonchev–Trinajstić information content (AvgIpc) is 2.52. The third-order valence-electron chi connectivity index (χ3n) is 3.77. The summed E-state index contributed by atoms with van der Waals surface area (Å²) in [4.78, 5) is 11.3. The smallest absolute Gasteiger partial charge is 0.219 e. The van der Waals surface area contributed by atoms with Gasteiger partial charge < -0.3 is 15.0 Å². The molecule has 1 aromatic rings. The standard InChI is InChI=1S/C15H26N4OS/c1-4-8-16-13-10-14(18-15(17-13)21-3)20-11-12-7-5-6-9-19(12)2/h10,12H,4-9,11H2,1-3H3,(H,16,17,18). The maximum atomic E-state index is 5.93. The molecule has 0 bridgehead atoms. The molecule has 0 aromatic carbocycles. The molecule has 1 N–H and O–H groups in total. The Balaban J connectivity index is 1.97. The second-order valence-electron chi connectivity index (χ2n) is 5.45. The van der Waals surface area contributed by atoms with E-state index >= 15 is 0 Å². The highest BCUT2D eigenvalue weighted by atomic mass is 32.2. The molecule has 0 aliphatic carbocycles. The number of anilines is 1. The van der Waals surface area contributed by atoms with E-state index in [1.165, 1.54) is 31.0 Å². The number of likely N-dealkylation sites (tertiary alicyclic amines) is 1. The number of hydrogen-bond acceptors (Lipinski definition) is 6. The summed E-state index contributed by atoms with van der Waals surface area (Å²) in [5.41, 5.74) is 0. The first-order valence-corrected chi connectivity index (χ1v) is 8.95. The molecular weight excluding hydrogens is 284 g/mol. The van der Waals surface area contributed by atoms with Gasteiger partial charge in [0.25, 0.3) is 0 Å². The minimum absolute atomic E-state index is 0.499. The zero-order valence-corrected chi connectivity index (χ0v) is 14.1. The van der Waals surface area contributed by atoms with Gasteiger partial charge in [0.2, 0.25) is 5.88 Å². The molecule has 0 radical (unpaired) electrons. The minimum atomic E-state index is 0.499. The monoisotopic (exact) mass is 310 g/mol. The molecule has 1 aromatic heterocycles. The number of hydrogen-bond donors (Lipinski definition) is 1. The van der Waals surface area contributed by atoms with Crippen LogP contribution in [0.1, 0.15) is 32.6 Å². The molecule has 6 heteroatoms. The van der Waals surface area contributed by atoms with Gasteiger partial charge in [0, 0.05) is 18.7 Å². The molecule has 1 unspecified atom stereocenters. The SMILES string of the molecule is CCCNc1cc(OCC2CCCCN2C)nc(SC)n1. The lowest BCUT2D eigenvalue weighted by molar-refractivity contribution is 0.122. The van der Waals surface area contributed by atoms with Crippen LogP contribution in [0.5, 0.6) is 5.88 Å². The fourth-order valence-electron chi connectivity index (χ4n) is 2.45. The van der Waals surface area contributed by atoms with Crippen LogP contribution in [0, 0.1) is 0 Å². The van der Waals surface area contributed by atoms with Gasteiger partial charge in [-0.2, -0.15) is 4.98 Å². The van der Waals surface area contributed by atoms with Crippen LogP contribution in [-0.2, 0) is 0 Å². The normalized spacial score (nSPS) is 19.5. The number of nitrogens with zero attached hydrogens (tertiary/aromatic N) is 3. The van der Waals surface area contributed by atoms with E-state index in [4.69, 9.17) is 4.74 Å². The van der Waals surface area contributed by atoms with Crippen molar-refractivity contribution in [2.45, 2.75) is 43.8 Å². The molecule has 0 spiro atoms. The molecule has 118 valence electrons. The van der Waals surface area contributed by atoms with Crippen LogP contribution in [0.4, 0.5) is 5.82 Å². The van der Waals surface area contributed by atoms with Gasteiger partial charge in [0.15, 0.2) is 5.16 Å². The first-order valence-electron chi connectivity index (χ1n) is 7.73. The molecule has 1 aliphatic heterocycles. The number of rotatable bonds is 7. The summed E-state index contributed by atoms with van der Waals surface area (Å²) in [7, 11) is 2.18. The fourth-order valence-corrected chi connectivity index (χ4v) is 2.82. The van der Waals surface area contributed by atoms with Gasteiger partial charge in [-0.3, -0.25) is 0 Å². The van der Waals surface area contributed by atoms with Crippen LogP contribution in [0.2, 0.25) is 0 Å². The van der Waals surface area contributed by atoms with Gasteiger partial charge in [0.1, 0.15) is 12.4 Å². The second kappa shape index (κ2) is 8.44. The highest BCUT2D eigenvalue weighted by molar-refractivity contribution is 7.98. The summed E-state index contributed by atoms with van der Waals surface area (Å²) < 4.78 is 5.93. The van der Waals surface area contributed by atoms with E-state index in [9.17, 15) is 0 Å². The van der Waals surface area contributed by atoms with Gasteiger partial charge in [-0.25, -0.2) is 4.98 Å². The predicted octanol–water partition coefficient (Wildman–Crippen LogP) is 2.88. The van der Waals surface area contributed by atoms with Crippen molar-refractivity contribution >= 4 is 17.6 Å². The molecule has 0 saturated carbocycles. The lowest BCUT2D eigenvalue weighted by atomic mass is 10.0. The number of nitrogens with one attached hydrogen (secondary N) is 1. The van der Waals surface area contributed by atoms with E-state index < -0.39 is 0 Å². The first kappa shape index (κ1) is 16.4. The van der Waals surface area contributed by atoms with E-state index in [2.05, 4.69) is 34.2 Å². The summed E-state index contributed by atoms with van der Waals surface area (Å²) in [6, 6.07) is 2.40. The van der Waals surface area contributed by atoms with Gasteiger partial charge in [-0.05, 0) is 39.1 Å². The lowest BCUT2D eigenvalue weighted by Gasteiger charge is -2.31. The van der Waals surface area contributed by atoms with Crippen molar-refractivity contribution in [3.8, 4) is 5.88 Å². The Morgan fingerprint density at radius 2 is 2.29 bits per heavy atom. The van der Waals surface area contributed by atoms with Crippen molar-refractivity contribution in [2.24, 2.45) is 0 Å². The molecule has 1 aliphatic rings. The van der Waals surface area contributed by atoms with Crippen LogP contribution < -0.4 is 10.1 Å². The van der Waals surface area contributed by atoms with E-state index in [0.717, 1.165) is 30.5 Å². The lowest BCUT2D eigenvalue weighted by Crippen LogP contribution is -2.40. The third kappa shape index (κ3) is 5.04. The second-order valence-corrected chi connectivity index (χ2v) is 6.22. The van der Waals surface area contributed by atoms with Gasteiger partial charge in [0.05, 0.1) is 0 Å². The van der Waals surface area contributed by atoms with Crippen molar-refractivity contribution in [2.75, 3.05) is 38.3 Å². The predicted molar refractivity (Wildman–Crippen MR) is 88.4 cm³/mol. The summed E-state index contributed by atoms with van der Waals surface area (Å²) in [6.45, 7) is 4.92. The molecule has 21 heavy (non-hydrogen) atoms. The van der Waals surface area contributed by atoms with Crippen LogP contribution in [0.25, 0.3) is 0 Å². The average molecular weight is 310 g/mol. The summed E-state index contributed by atoms with van der Waals surface area (Å²) >= 11 is 1.54. The summed E-state index contributed by atoms with van der Waals surface area (Å²) in [5.74, 6) is 1.52. The topological polar surface area (TPSA) is 50.3 Å². The summed E-state index contributed by atoms with van der Waals surface area (Å²) in [6.07, 6.45) is 6.85. The van der Waals surface area contributed by atoms with Crippen LogP contribution >= 0.6 is 11.8 Å². The zero-order valence-electron chi connectivity index (χ0n) is 13.3. The molecule has 1 fully saturated rings. The highest BCUT2D eigenvalue weighted by Gasteiger charge is 2.19. The third-order valence-corrected chi connectivity index (χ3v) is 4.31. The van der Waals surface area contributed by atoms with Crippen molar-refractivity contribution in [3.05, 3.63) is 6.07 Å². The molecule has 5 nitrogen and oxygen atoms in total. The van der Waals surface area contributed by atoms with Crippen LogP contribution in [-0.4, -0.2) is 53.9 Å². The van der Waals surface area contributed by atoms with Crippen LogP contribution in [0.3, 0.4) is 0 Å². The fraction of sp³-hybridized carbons (Fsp3) is 0.733. The first-order chi connectivity index (χ1) is 10.2. The largest absolute Gasteiger partial charge is 0.476 e. The van der Waals surface area contributed by atoms with E-state index in [-0.39, 0.29) is 0 Å². The molecule has 1 atom stereocenters. The number of ether oxygens (including phenoxy) is 1. The number of likely N-dealkylation sites (N-methyl/N-ethyl adjacent to an activating group) is 1. The Labute approximate surface area is 131 Å². The molecule has 2 rings (SSSR count). The van der Waals surface area contributed by atoms with Crippen molar-refractivity contribution in [1.29, 1.82) is 0 Å². The minimum Gasteiger partial charge on any atom is -0.476 e. The molecule has 0 amide bonds. The number of piperidine rings is 1. The Kier molecular flexibility index (Phi) is 6.57. The molecular formula is C15H26N4OS. The van der Waals surface area contributed by atoms with Gasteiger partial charge in [-0.15, -0.1) is 0 Å². The van der Waals surface area contributed by atoms with Crippen molar-refractivity contribution < 1.29 is 4.74 Å². The van der Waals surface area contributed by atoms with E-state index in [1.807, 2.05) is 12.3 Å². The van der Waals surface area contributed by atoms with Gasteiger partial charge >= 0.3 is 0 Å². The Bertz CT molecular complexity index is 444. The van der Waals surface area contributed by atoms with E-state index in [1.54, 1.807) is 0 Å². The summed E-state index contributed by atoms with van der Waals surface area (Å²) in [5, 5.41) is 4.05.